The van der Waals surface area contributed by atoms with Crippen LogP contribution >= 0.6 is 23.2 Å². The van der Waals surface area contributed by atoms with E-state index in [1.165, 1.54) is 17.7 Å². The number of rotatable bonds is 5. The normalized spacial score (nSPS) is 15.7. The van der Waals surface area contributed by atoms with Crippen LogP contribution in [0.2, 0.25) is 0 Å². The summed E-state index contributed by atoms with van der Waals surface area (Å²) < 4.78 is 5.50. The van der Waals surface area contributed by atoms with Gasteiger partial charge in [0.25, 0.3) is 0 Å². The Balaban J connectivity index is 0.00000146. The number of fused-ring (bicyclic) bond motifs is 1. The van der Waals surface area contributed by atoms with E-state index < -0.39 is 0 Å². The van der Waals surface area contributed by atoms with Crippen LogP contribution in [0.1, 0.15) is 57.8 Å². The molecule has 1 aliphatic rings. The van der Waals surface area contributed by atoms with Crippen LogP contribution in [0.5, 0.6) is 0 Å². The molecule has 0 saturated carbocycles. The number of hydrogen-bond acceptors (Lipinski definition) is 3. The number of allylic oxidation sites excluding steroid dienone is 4. The van der Waals surface area contributed by atoms with Crippen molar-refractivity contribution in [1.82, 2.24) is 0 Å². The first-order chi connectivity index (χ1) is 12.5. The Bertz CT molecular complexity index is 651. The van der Waals surface area contributed by atoms with Crippen LogP contribution in [-0.2, 0) is 16.0 Å². The number of ether oxygens (including phenoxy) is 1. The molecule has 1 unspecified atom stereocenters. The molecular weight excluding hydrogens is 369 g/mol. The van der Waals surface area contributed by atoms with Crippen molar-refractivity contribution in [2.24, 2.45) is 0 Å². The Morgan fingerprint density at radius 3 is 2.54 bits per heavy atom. The summed E-state index contributed by atoms with van der Waals surface area (Å²) in [5.41, 5.74) is 8.63. The van der Waals surface area contributed by atoms with E-state index in [2.05, 4.69) is 6.58 Å². The maximum Gasteiger partial charge on any atom is 0.310 e. The fourth-order valence-electron chi connectivity index (χ4n) is 2.37. The first-order valence-corrected chi connectivity index (χ1v) is 9.69. The lowest BCUT2D eigenvalue weighted by atomic mass is 10.1. The van der Waals surface area contributed by atoms with E-state index in [-0.39, 0.29) is 18.5 Å². The molecule has 0 spiro atoms. The van der Waals surface area contributed by atoms with Crippen molar-refractivity contribution in [1.29, 1.82) is 0 Å². The highest BCUT2D eigenvalue weighted by molar-refractivity contribution is 6.44. The molecule has 0 aromatic heterocycles. The summed E-state index contributed by atoms with van der Waals surface area (Å²) in [7, 11) is 0. The minimum atomic E-state index is -0.346. The largest absolute Gasteiger partial charge is 0.457 e. The van der Waals surface area contributed by atoms with Gasteiger partial charge >= 0.3 is 5.97 Å². The molecule has 3 nitrogen and oxygen atoms in total. The Kier molecular flexibility index (Phi) is 12.6. The van der Waals surface area contributed by atoms with Gasteiger partial charge in [-0.15, -0.1) is 0 Å². The summed E-state index contributed by atoms with van der Waals surface area (Å²) in [6.07, 6.45) is 6.10. The second-order valence-corrected chi connectivity index (χ2v) is 5.80. The standard InChI is InChI=1S/C17H17Cl2NO2.2C2H6/c1-2-3-14(18)15(19)7-9-17(21)22-16-8-5-11-4-6-12(20)10-13(11)16;2*1-2/h2-4,6-7,10,16H,1,5,8-9,20H2;2*1-2H3/b14-3+,15-7+;;. The quantitative estimate of drug-likeness (QED) is 0.342. The molecule has 0 amide bonds. The smallest absolute Gasteiger partial charge is 0.310 e. The molecule has 2 rings (SSSR count). The van der Waals surface area contributed by atoms with Gasteiger partial charge in [0.15, 0.2) is 0 Å². The van der Waals surface area contributed by atoms with E-state index in [9.17, 15) is 4.79 Å². The fourth-order valence-corrected chi connectivity index (χ4v) is 2.67. The van der Waals surface area contributed by atoms with E-state index in [4.69, 9.17) is 33.7 Å². The van der Waals surface area contributed by atoms with Gasteiger partial charge in [-0.05, 0) is 42.2 Å². The number of nitrogens with two attached hydrogens (primary N) is 1. The molecule has 1 atom stereocenters. The van der Waals surface area contributed by atoms with Gasteiger partial charge < -0.3 is 10.5 Å². The Labute approximate surface area is 167 Å². The molecule has 1 aromatic rings. The van der Waals surface area contributed by atoms with Gasteiger partial charge in [0.2, 0.25) is 0 Å². The highest BCUT2D eigenvalue weighted by Gasteiger charge is 2.25. The summed E-state index contributed by atoms with van der Waals surface area (Å²) in [6.45, 7) is 11.5. The molecule has 1 aromatic carbocycles. The van der Waals surface area contributed by atoms with Crippen LogP contribution in [-0.4, -0.2) is 5.97 Å². The minimum Gasteiger partial charge on any atom is -0.457 e. The van der Waals surface area contributed by atoms with Gasteiger partial charge in [-0.2, -0.15) is 0 Å². The summed E-state index contributed by atoms with van der Waals surface area (Å²) in [5, 5.41) is 0.637. The van der Waals surface area contributed by atoms with Gasteiger partial charge in [-0.1, -0.05) is 75.7 Å². The first-order valence-electron chi connectivity index (χ1n) is 8.93. The predicted molar refractivity (Wildman–Crippen MR) is 113 cm³/mol. The second-order valence-electron chi connectivity index (χ2n) is 4.98. The van der Waals surface area contributed by atoms with E-state index >= 15 is 0 Å². The average molecular weight is 398 g/mol. The molecule has 0 bridgehead atoms. The molecule has 5 heteroatoms. The van der Waals surface area contributed by atoms with Crippen LogP contribution in [0, 0.1) is 0 Å². The van der Waals surface area contributed by atoms with E-state index in [1.807, 2.05) is 45.9 Å². The van der Waals surface area contributed by atoms with Crippen molar-refractivity contribution in [2.45, 2.75) is 53.1 Å². The first kappa shape index (κ1) is 24.3. The molecular formula is C21H29Cl2NO2. The Morgan fingerprint density at radius 1 is 1.27 bits per heavy atom. The second kappa shape index (κ2) is 13.5. The van der Waals surface area contributed by atoms with Gasteiger partial charge in [0.1, 0.15) is 6.10 Å². The minimum absolute atomic E-state index is 0.0637. The van der Waals surface area contributed by atoms with Crippen molar-refractivity contribution in [2.75, 3.05) is 5.73 Å². The maximum absolute atomic E-state index is 11.9. The molecule has 0 radical (unpaired) electrons. The molecule has 0 heterocycles. The van der Waals surface area contributed by atoms with E-state index in [0.29, 0.717) is 15.8 Å². The number of benzene rings is 1. The maximum atomic E-state index is 11.9. The van der Waals surface area contributed by atoms with Crippen LogP contribution in [0.25, 0.3) is 0 Å². The summed E-state index contributed by atoms with van der Waals surface area (Å²) in [6, 6.07) is 5.71. The SMILES string of the molecule is C=C/C=C(Cl)\C(Cl)=C/CC(=O)OC1CCc2ccc(N)cc21.CC.CC. The highest BCUT2D eigenvalue weighted by atomic mass is 35.5. The lowest BCUT2D eigenvalue weighted by Crippen LogP contribution is -2.08. The van der Waals surface area contributed by atoms with Crippen molar-refractivity contribution in [3.05, 3.63) is 64.2 Å². The average Bonchev–Trinajstić information content (AvgIpc) is 3.05. The van der Waals surface area contributed by atoms with Gasteiger partial charge in [0, 0.05) is 5.69 Å². The number of carbonyl (C=O) groups excluding carboxylic acids is 1. The van der Waals surface area contributed by atoms with Crippen LogP contribution in [0.4, 0.5) is 5.69 Å². The number of nitrogen functional groups attached to an aromatic ring is 1. The molecule has 0 aliphatic heterocycles. The molecule has 2 N–H and O–H groups in total. The zero-order valence-electron chi connectivity index (χ0n) is 16.0. The summed E-state index contributed by atoms with van der Waals surface area (Å²) in [5.74, 6) is -0.346. The Morgan fingerprint density at radius 2 is 1.92 bits per heavy atom. The summed E-state index contributed by atoms with van der Waals surface area (Å²) in [4.78, 5) is 11.9. The third kappa shape index (κ3) is 7.67. The number of esters is 1. The third-order valence-electron chi connectivity index (χ3n) is 3.41. The van der Waals surface area contributed by atoms with Crippen LogP contribution in [0.3, 0.4) is 0 Å². The van der Waals surface area contributed by atoms with Gasteiger partial charge in [-0.3, -0.25) is 4.79 Å². The van der Waals surface area contributed by atoms with E-state index in [0.717, 1.165) is 18.4 Å². The van der Waals surface area contributed by atoms with Crippen LogP contribution in [0.15, 0.2) is 53.1 Å². The molecule has 26 heavy (non-hydrogen) atoms. The number of aryl methyl sites for hydroxylation is 1. The predicted octanol–water partition coefficient (Wildman–Crippen LogP) is 6.67. The zero-order valence-corrected chi connectivity index (χ0v) is 17.5. The Hall–Kier alpha value is -1.71. The molecule has 0 saturated heterocycles. The van der Waals surface area contributed by atoms with Crippen molar-refractivity contribution in [3.63, 3.8) is 0 Å². The monoisotopic (exact) mass is 397 g/mol. The molecule has 144 valence electrons. The molecule has 0 fully saturated rings. The molecule has 1 aliphatic carbocycles. The van der Waals surface area contributed by atoms with Crippen molar-refractivity contribution < 1.29 is 9.53 Å². The third-order valence-corrected chi connectivity index (χ3v) is 4.19. The van der Waals surface area contributed by atoms with Crippen LogP contribution < -0.4 is 5.73 Å². The fraction of sp³-hybridized carbons (Fsp3) is 0.381. The number of carbonyl (C=O) groups is 1. The highest BCUT2D eigenvalue weighted by Crippen LogP contribution is 2.35. The number of hydrogen-bond donors (Lipinski definition) is 1. The van der Waals surface area contributed by atoms with Gasteiger partial charge in [-0.25, -0.2) is 0 Å². The van der Waals surface area contributed by atoms with Crippen molar-refractivity contribution in [3.8, 4) is 0 Å². The topological polar surface area (TPSA) is 52.3 Å². The summed E-state index contributed by atoms with van der Waals surface area (Å²) >= 11 is 11.9. The lowest BCUT2D eigenvalue weighted by Gasteiger charge is -2.13. The lowest BCUT2D eigenvalue weighted by molar-refractivity contribution is -0.148. The van der Waals surface area contributed by atoms with Crippen molar-refractivity contribution >= 4 is 34.9 Å². The van der Waals surface area contributed by atoms with E-state index in [1.54, 1.807) is 6.08 Å². The van der Waals surface area contributed by atoms with Gasteiger partial charge in [0.05, 0.1) is 16.5 Å². The number of halogens is 2. The zero-order chi connectivity index (χ0) is 20.1. The number of anilines is 1.